The van der Waals surface area contributed by atoms with Crippen molar-refractivity contribution in [2.24, 2.45) is 5.92 Å². The highest BCUT2D eigenvalue weighted by Crippen LogP contribution is 2.19. The Balaban J connectivity index is 2.55. The van der Waals surface area contributed by atoms with Crippen LogP contribution in [0.3, 0.4) is 0 Å². The van der Waals surface area contributed by atoms with Crippen molar-refractivity contribution in [2.45, 2.75) is 39.7 Å². The molecule has 0 aliphatic heterocycles. The predicted octanol–water partition coefficient (Wildman–Crippen LogP) is 1.61. The molecule has 1 aromatic heterocycles. The van der Waals surface area contributed by atoms with Crippen LogP contribution in [-0.2, 0) is 21.5 Å². The van der Waals surface area contributed by atoms with Gasteiger partial charge in [-0.1, -0.05) is 32.9 Å². The number of methoxy groups -OCH3 is 1. The van der Waals surface area contributed by atoms with Gasteiger partial charge in [0, 0.05) is 12.0 Å². The third-order valence-electron chi connectivity index (χ3n) is 2.71. The van der Waals surface area contributed by atoms with Gasteiger partial charge in [-0.3, -0.25) is 9.69 Å². The van der Waals surface area contributed by atoms with Crippen molar-refractivity contribution in [2.75, 3.05) is 20.7 Å². The molecule has 1 unspecified atom stereocenters. The van der Waals surface area contributed by atoms with Gasteiger partial charge >= 0.3 is 5.97 Å². The van der Waals surface area contributed by atoms with E-state index < -0.39 is 0 Å². The van der Waals surface area contributed by atoms with Crippen molar-refractivity contribution in [3.05, 3.63) is 11.7 Å². The summed E-state index contributed by atoms with van der Waals surface area (Å²) in [4.78, 5) is 17.7. The van der Waals surface area contributed by atoms with E-state index in [-0.39, 0.29) is 17.3 Å². The maximum absolute atomic E-state index is 11.3. The molecule has 0 aromatic carbocycles. The van der Waals surface area contributed by atoms with Crippen LogP contribution in [0, 0.1) is 5.92 Å². The summed E-state index contributed by atoms with van der Waals surface area (Å²) in [5, 5.41) is 3.95. The largest absolute Gasteiger partial charge is 0.469 e. The Morgan fingerprint density at radius 3 is 2.58 bits per heavy atom. The van der Waals surface area contributed by atoms with Crippen molar-refractivity contribution in [1.29, 1.82) is 0 Å². The number of ether oxygens (including phenoxy) is 1. The summed E-state index contributed by atoms with van der Waals surface area (Å²) in [5.74, 6) is 0.862. The summed E-state index contributed by atoms with van der Waals surface area (Å²) in [7, 11) is 3.31. The standard InChI is InChI=1S/C13H23N3O3/c1-9(11(17)18-6)7-16(5)8-10-14-12(19-15-10)13(2,3)4/h9H,7-8H2,1-6H3. The van der Waals surface area contributed by atoms with Crippen molar-refractivity contribution in [3.8, 4) is 0 Å². The van der Waals surface area contributed by atoms with E-state index >= 15 is 0 Å². The molecule has 0 saturated heterocycles. The van der Waals surface area contributed by atoms with Gasteiger partial charge in [0.05, 0.1) is 19.6 Å². The minimum Gasteiger partial charge on any atom is -0.469 e. The van der Waals surface area contributed by atoms with Crippen LogP contribution >= 0.6 is 0 Å². The van der Waals surface area contributed by atoms with Gasteiger partial charge < -0.3 is 9.26 Å². The Bertz CT molecular complexity index is 423. The lowest BCUT2D eigenvalue weighted by molar-refractivity contribution is -0.145. The van der Waals surface area contributed by atoms with E-state index in [0.717, 1.165) is 0 Å². The number of hydrogen-bond donors (Lipinski definition) is 0. The molecule has 108 valence electrons. The number of hydrogen-bond acceptors (Lipinski definition) is 6. The Hall–Kier alpha value is -1.43. The fourth-order valence-electron chi connectivity index (χ4n) is 1.67. The Morgan fingerprint density at radius 2 is 2.11 bits per heavy atom. The zero-order valence-electron chi connectivity index (χ0n) is 12.6. The number of carbonyl (C=O) groups is 1. The van der Waals surface area contributed by atoms with Crippen LogP contribution in [-0.4, -0.2) is 41.7 Å². The molecule has 0 N–H and O–H groups in total. The van der Waals surface area contributed by atoms with Gasteiger partial charge in [-0.25, -0.2) is 0 Å². The molecule has 0 aliphatic rings. The number of esters is 1. The molecule has 0 aliphatic carbocycles. The topological polar surface area (TPSA) is 68.5 Å². The molecule has 1 heterocycles. The molecular weight excluding hydrogens is 246 g/mol. The quantitative estimate of drug-likeness (QED) is 0.756. The van der Waals surface area contributed by atoms with Gasteiger partial charge in [0.2, 0.25) is 5.89 Å². The van der Waals surface area contributed by atoms with Crippen LogP contribution in [0.15, 0.2) is 4.52 Å². The molecule has 0 spiro atoms. The highest BCUT2D eigenvalue weighted by Gasteiger charge is 2.22. The summed E-state index contributed by atoms with van der Waals surface area (Å²) in [5.41, 5.74) is -0.150. The molecule has 0 fully saturated rings. The minimum absolute atomic E-state index is 0.150. The second-order valence-corrected chi connectivity index (χ2v) is 5.89. The van der Waals surface area contributed by atoms with Crippen LogP contribution in [0.1, 0.15) is 39.4 Å². The molecule has 0 saturated carbocycles. The highest BCUT2D eigenvalue weighted by atomic mass is 16.5. The summed E-state index contributed by atoms with van der Waals surface area (Å²) < 4.78 is 9.92. The first-order valence-corrected chi connectivity index (χ1v) is 6.33. The molecule has 0 bridgehead atoms. The van der Waals surface area contributed by atoms with E-state index in [1.54, 1.807) is 0 Å². The fraction of sp³-hybridized carbons (Fsp3) is 0.769. The first-order valence-electron chi connectivity index (χ1n) is 6.33. The van der Waals surface area contributed by atoms with Crippen LogP contribution in [0.4, 0.5) is 0 Å². The van der Waals surface area contributed by atoms with E-state index in [2.05, 4.69) is 10.1 Å². The summed E-state index contributed by atoms with van der Waals surface area (Å²) in [6.45, 7) is 9.03. The predicted molar refractivity (Wildman–Crippen MR) is 70.5 cm³/mol. The van der Waals surface area contributed by atoms with Gasteiger partial charge in [0.25, 0.3) is 0 Å². The fourth-order valence-corrected chi connectivity index (χ4v) is 1.67. The highest BCUT2D eigenvalue weighted by molar-refractivity contribution is 5.71. The molecule has 1 atom stereocenters. The average molecular weight is 269 g/mol. The minimum atomic E-state index is -0.213. The lowest BCUT2D eigenvalue weighted by atomic mass is 9.97. The number of aromatic nitrogens is 2. The first-order chi connectivity index (χ1) is 8.74. The average Bonchev–Trinajstić information content (AvgIpc) is 2.75. The Labute approximate surface area is 114 Å². The van der Waals surface area contributed by atoms with E-state index in [9.17, 15) is 4.79 Å². The third kappa shape index (κ3) is 4.63. The smallest absolute Gasteiger partial charge is 0.309 e. The molecule has 6 nitrogen and oxygen atoms in total. The summed E-state index contributed by atoms with van der Waals surface area (Å²) in [6.07, 6.45) is 0. The molecule has 1 rings (SSSR count). The maximum Gasteiger partial charge on any atom is 0.309 e. The zero-order valence-corrected chi connectivity index (χ0v) is 12.6. The van der Waals surface area contributed by atoms with Crippen LogP contribution in [0.25, 0.3) is 0 Å². The van der Waals surface area contributed by atoms with Crippen LogP contribution in [0.5, 0.6) is 0 Å². The number of nitrogens with zero attached hydrogens (tertiary/aromatic N) is 3. The molecule has 6 heteroatoms. The lowest BCUT2D eigenvalue weighted by Crippen LogP contribution is -2.29. The maximum atomic E-state index is 11.3. The van der Waals surface area contributed by atoms with Gasteiger partial charge in [0.1, 0.15) is 0 Å². The summed E-state index contributed by atoms with van der Waals surface area (Å²) in [6, 6.07) is 0. The number of carbonyl (C=O) groups excluding carboxylic acids is 1. The van der Waals surface area contributed by atoms with Crippen molar-refractivity contribution in [1.82, 2.24) is 15.0 Å². The molecule has 1 aromatic rings. The van der Waals surface area contributed by atoms with Crippen LogP contribution in [0.2, 0.25) is 0 Å². The lowest BCUT2D eigenvalue weighted by Gasteiger charge is -2.18. The van der Waals surface area contributed by atoms with Gasteiger partial charge in [-0.2, -0.15) is 4.98 Å². The van der Waals surface area contributed by atoms with Crippen molar-refractivity contribution >= 4 is 5.97 Å². The van der Waals surface area contributed by atoms with E-state index in [4.69, 9.17) is 9.26 Å². The molecular formula is C13H23N3O3. The van der Waals surface area contributed by atoms with E-state index in [1.807, 2.05) is 39.6 Å². The second kappa shape index (κ2) is 6.14. The third-order valence-corrected chi connectivity index (χ3v) is 2.71. The molecule has 0 radical (unpaired) electrons. The molecule has 0 amide bonds. The molecule has 19 heavy (non-hydrogen) atoms. The van der Waals surface area contributed by atoms with Gasteiger partial charge in [-0.05, 0) is 7.05 Å². The Kier molecular flexibility index (Phi) is 5.05. The first kappa shape index (κ1) is 15.6. The van der Waals surface area contributed by atoms with Gasteiger partial charge in [-0.15, -0.1) is 0 Å². The number of rotatable bonds is 5. The van der Waals surface area contributed by atoms with Gasteiger partial charge in [0.15, 0.2) is 5.82 Å². The SMILES string of the molecule is COC(=O)C(C)CN(C)Cc1noc(C(C)(C)C)n1. The zero-order chi connectivity index (χ0) is 14.6. The summed E-state index contributed by atoms with van der Waals surface area (Å²) >= 11 is 0. The monoisotopic (exact) mass is 269 g/mol. The van der Waals surface area contributed by atoms with Crippen LogP contribution < -0.4 is 0 Å². The second-order valence-electron chi connectivity index (χ2n) is 5.89. The normalized spacial score (nSPS) is 13.6. The Morgan fingerprint density at radius 1 is 1.47 bits per heavy atom. The van der Waals surface area contributed by atoms with E-state index in [0.29, 0.717) is 24.8 Å². The van der Waals surface area contributed by atoms with Crippen molar-refractivity contribution in [3.63, 3.8) is 0 Å². The van der Waals surface area contributed by atoms with E-state index in [1.165, 1.54) is 7.11 Å². The van der Waals surface area contributed by atoms with Crippen molar-refractivity contribution < 1.29 is 14.1 Å².